The molecular formula is C20H19N3O2. The van der Waals surface area contributed by atoms with Crippen molar-refractivity contribution in [3.63, 3.8) is 0 Å². The molecule has 25 heavy (non-hydrogen) atoms. The van der Waals surface area contributed by atoms with E-state index in [-0.39, 0.29) is 5.56 Å². The largest absolute Gasteiger partial charge is 0.497 e. The van der Waals surface area contributed by atoms with E-state index in [4.69, 9.17) is 4.74 Å². The first kappa shape index (κ1) is 15.4. The number of aryl methyl sites for hydroxylation is 3. The Morgan fingerprint density at radius 2 is 1.96 bits per heavy atom. The van der Waals surface area contributed by atoms with E-state index < -0.39 is 0 Å². The fourth-order valence-electron chi connectivity index (χ4n) is 3.10. The maximum Gasteiger partial charge on any atom is 0.277 e. The molecule has 0 fully saturated rings. The topological polar surface area (TPSA) is 59.9 Å². The van der Waals surface area contributed by atoms with Gasteiger partial charge in [0.1, 0.15) is 16.8 Å². The van der Waals surface area contributed by atoms with Gasteiger partial charge in [-0.15, -0.1) is 0 Å². The van der Waals surface area contributed by atoms with Crippen molar-refractivity contribution in [1.29, 1.82) is 0 Å². The average Bonchev–Trinajstić information content (AvgIpc) is 3.00. The highest BCUT2D eigenvalue weighted by Crippen LogP contribution is 2.22. The van der Waals surface area contributed by atoms with Crippen LogP contribution in [-0.4, -0.2) is 21.6 Å². The number of rotatable bonds is 4. The molecule has 126 valence electrons. The van der Waals surface area contributed by atoms with Crippen LogP contribution in [0.4, 0.5) is 0 Å². The smallest absolute Gasteiger partial charge is 0.277 e. The van der Waals surface area contributed by atoms with Gasteiger partial charge in [-0.05, 0) is 43.2 Å². The maximum atomic E-state index is 12.8. The highest BCUT2D eigenvalue weighted by molar-refractivity contribution is 6.04. The van der Waals surface area contributed by atoms with E-state index in [1.807, 2.05) is 43.3 Å². The Labute approximate surface area is 144 Å². The van der Waals surface area contributed by atoms with Crippen molar-refractivity contribution in [2.24, 2.45) is 0 Å². The predicted molar refractivity (Wildman–Crippen MR) is 99.3 cm³/mol. The molecule has 4 aromatic rings. The Bertz CT molecular complexity index is 1110. The molecule has 5 nitrogen and oxygen atoms in total. The van der Waals surface area contributed by atoms with Gasteiger partial charge >= 0.3 is 0 Å². The molecule has 0 aliphatic heterocycles. The number of hydrogen-bond donors (Lipinski definition) is 1. The molecule has 5 heteroatoms. The van der Waals surface area contributed by atoms with Crippen LogP contribution in [0.15, 0.2) is 53.6 Å². The fourth-order valence-corrected chi connectivity index (χ4v) is 3.10. The Morgan fingerprint density at radius 1 is 1.16 bits per heavy atom. The van der Waals surface area contributed by atoms with Gasteiger partial charge in [-0.1, -0.05) is 23.8 Å². The van der Waals surface area contributed by atoms with E-state index in [0.29, 0.717) is 12.1 Å². The van der Waals surface area contributed by atoms with Crippen molar-refractivity contribution >= 4 is 21.9 Å². The lowest BCUT2D eigenvalue weighted by Crippen LogP contribution is -2.21. The molecule has 2 aromatic carbocycles. The summed E-state index contributed by atoms with van der Waals surface area (Å²) in [6.07, 6.45) is 2.40. The van der Waals surface area contributed by atoms with Crippen molar-refractivity contribution in [2.75, 3.05) is 7.11 Å². The third-order valence-corrected chi connectivity index (χ3v) is 4.53. The summed E-state index contributed by atoms with van der Waals surface area (Å²) < 4.78 is 6.83. The summed E-state index contributed by atoms with van der Waals surface area (Å²) in [6, 6.07) is 14.0. The zero-order valence-electron chi connectivity index (χ0n) is 14.2. The molecule has 0 aliphatic rings. The highest BCUT2D eigenvalue weighted by atomic mass is 16.5. The molecule has 0 aliphatic carbocycles. The van der Waals surface area contributed by atoms with Crippen molar-refractivity contribution in [1.82, 2.24) is 14.5 Å². The molecule has 0 unspecified atom stereocenters. The predicted octanol–water partition coefficient (Wildman–Crippen LogP) is 3.44. The van der Waals surface area contributed by atoms with Crippen LogP contribution in [0.2, 0.25) is 0 Å². The molecule has 0 amide bonds. The lowest BCUT2D eigenvalue weighted by Gasteiger charge is -2.06. The Kier molecular flexibility index (Phi) is 3.76. The Hall–Kier alpha value is -3.08. The molecule has 0 radical (unpaired) electrons. The fraction of sp³-hybridized carbons (Fsp3) is 0.200. The number of benzene rings is 2. The summed E-state index contributed by atoms with van der Waals surface area (Å²) in [5.74, 6) is 0.831. The van der Waals surface area contributed by atoms with Crippen LogP contribution < -0.4 is 10.3 Å². The summed E-state index contributed by atoms with van der Waals surface area (Å²) in [6.45, 7) is 2.62. The maximum absolute atomic E-state index is 12.8. The van der Waals surface area contributed by atoms with Crippen LogP contribution in [0.25, 0.3) is 21.9 Å². The van der Waals surface area contributed by atoms with Gasteiger partial charge in [0.2, 0.25) is 0 Å². The zero-order valence-corrected chi connectivity index (χ0v) is 14.2. The first-order valence-corrected chi connectivity index (χ1v) is 8.26. The van der Waals surface area contributed by atoms with E-state index in [0.717, 1.165) is 39.7 Å². The number of nitrogens with one attached hydrogen (secondary N) is 1. The van der Waals surface area contributed by atoms with Gasteiger partial charge in [0.15, 0.2) is 0 Å². The number of aromatic nitrogens is 3. The quantitative estimate of drug-likeness (QED) is 0.622. The third kappa shape index (κ3) is 2.78. The molecule has 0 bridgehead atoms. The second-order valence-electron chi connectivity index (χ2n) is 6.24. The first-order chi connectivity index (χ1) is 12.2. The van der Waals surface area contributed by atoms with Crippen molar-refractivity contribution in [3.05, 3.63) is 70.3 Å². The molecule has 2 aromatic heterocycles. The van der Waals surface area contributed by atoms with Gasteiger partial charge in [0.25, 0.3) is 5.56 Å². The number of methoxy groups -OCH3 is 1. The van der Waals surface area contributed by atoms with E-state index in [2.05, 4.69) is 16.0 Å². The SMILES string of the molecule is COc1ccc(CCn2cnc3c([nH]c4ccc(C)cc43)c2=O)cc1. The second-order valence-corrected chi connectivity index (χ2v) is 6.24. The number of hydrogen-bond acceptors (Lipinski definition) is 3. The van der Waals surface area contributed by atoms with E-state index >= 15 is 0 Å². The normalized spacial score (nSPS) is 11.3. The minimum atomic E-state index is -0.0348. The lowest BCUT2D eigenvalue weighted by atomic mass is 10.1. The summed E-state index contributed by atoms with van der Waals surface area (Å²) in [4.78, 5) is 20.5. The standard InChI is InChI=1S/C20H19N3O2/c1-13-3-8-17-16(11-13)18-19(22-17)20(24)23(12-21-18)10-9-14-4-6-15(25-2)7-5-14/h3-8,11-12,22H,9-10H2,1-2H3. The molecule has 2 heterocycles. The minimum absolute atomic E-state index is 0.0348. The van der Waals surface area contributed by atoms with Gasteiger partial charge in [-0.25, -0.2) is 4.98 Å². The van der Waals surface area contributed by atoms with Gasteiger partial charge in [0.05, 0.1) is 13.4 Å². The van der Waals surface area contributed by atoms with Crippen molar-refractivity contribution < 1.29 is 4.74 Å². The molecule has 0 saturated heterocycles. The summed E-state index contributed by atoms with van der Waals surface area (Å²) in [5.41, 5.74) is 4.52. The molecular weight excluding hydrogens is 314 g/mol. The average molecular weight is 333 g/mol. The van der Waals surface area contributed by atoms with Crippen LogP contribution in [0, 0.1) is 6.92 Å². The monoisotopic (exact) mass is 333 g/mol. The van der Waals surface area contributed by atoms with Gasteiger partial charge in [-0.3, -0.25) is 9.36 Å². The van der Waals surface area contributed by atoms with Gasteiger partial charge in [0, 0.05) is 17.4 Å². The zero-order chi connectivity index (χ0) is 17.4. The van der Waals surface area contributed by atoms with Gasteiger partial charge < -0.3 is 9.72 Å². The minimum Gasteiger partial charge on any atom is -0.497 e. The van der Waals surface area contributed by atoms with Crippen molar-refractivity contribution in [3.8, 4) is 5.75 Å². The van der Waals surface area contributed by atoms with Crippen LogP contribution in [0.5, 0.6) is 5.75 Å². The third-order valence-electron chi connectivity index (χ3n) is 4.53. The Morgan fingerprint density at radius 3 is 2.72 bits per heavy atom. The number of ether oxygens (including phenoxy) is 1. The molecule has 0 spiro atoms. The van der Waals surface area contributed by atoms with Crippen LogP contribution in [0.1, 0.15) is 11.1 Å². The highest BCUT2D eigenvalue weighted by Gasteiger charge is 2.11. The number of nitrogens with zero attached hydrogens (tertiary/aromatic N) is 2. The van der Waals surface area contributed by atoms with Crippen molar-refractivity contribution in [2.45, 2.75) is 19.9 Å². The molecule has 1 N–H and O–H groups in total. The number of H-pyrrole nitrogens is 1. The number of fused-ring (bicyclic) bond motifs is 3. The van der Waals surface area contributed by atoms with Crippen LogP contribution in [-0.2, 0) is 13.0 Å². The molecule has 4 rings (SSSR count). The van der Waals surface area contributed by atoms with E-state index in [1.54, 1.807) is 18.0 Å². The summed E-state index contributed by atoms with van der Waals surface area (Å²) >= 11 is 0. The van der Waals surface area contributed by atoms with E-state index in [1.165, 1.54) is 0 Å². The van der Waals surface area contributed by atoms with Crippen LogP contribution >= 0.6 is 0 Å². The summed E-state index contributed by atoms with van der Waals surface area (Å²) in [5, 5.41) is 0.995. The van der Waals surface area contributed by atoms with Crippen LogP contribution in [0.3, 0.4) is 0 Å². The number of aromatic amines is 1. The van der Waals surface area contributed by atoms with Gasteiger partial charge in [-0.2, -0.15) is 0 Å². The van der Waals surface area contributed by atoms with E-state index in [9.17, 15) is 4.79 Å². The molecule has 0 saturated carbocycles. The first-order valence-electron chi connectivity index (χ1n) is 8.26. The Balaban J connectivity index is 1.67. The molecule has 0 atom stereocenters. The second kappa shape index (κ2) is 6.09. The summed E-state index contributed by atoms with van der Waals surface area (Å²) in [7, 11) is 1.65. The lowest BCUT2D eigenvalue weighted by molar-refractivity contribution is 0.414.